The Labute approximate surface area is 175 Å². The zero-order valence-corrected chi connectivity index (χ0v) is 17.4. The van der Waals surface area contributed by atoms with Crippen LogP contribution in [0.1, 0.15) is 36.8 Å². The first-order valence-electron chi connectivity index (χ1n) is 10.1. The summed E-state index contributed by atoms with van der Waals surface area (Å²) in [5.41, 5.74) is 0.816. The third-order valence-corrected chi connectivity index (χ3v) is 7.30. The Morgan fingerprint density at radius 3 is 2.27 bits per heavy atom. The highest BCUT2D eigenvalue weighted by Crippen LogP contribution is 2.35. The Balaban J connectivity index is 1.45. The van der Waals surface area contributed by atoms with Gasteiger partial charge in [-0.1, -0.05) is 24.3 Å². The average molecular weight is 433 g/mol. The molecule has 1 heterocycles. The maximum atomic E-state index is 13.4. The Morgan fingerprint density at radius 2 is 1.67 bits per heavy atom. The van der Waals surface area contributed by atoms with Gasteiger partial charge in [-0.15, -0.1) is 0 Å². The molecule has 8 heteroatoms. The fourth-order valence-corrected chi connectivity index (χ4v) is 5.07. The van der Waals surface area contributed by atoms with E-state index in [9.17, 15) is 17.6 Å². The van der Waals surface area contributed by atoms with Gasteiger partial charge in [0.25, 0.3) is 0 Å². The molecule has 0 unspecified atom stereocenters. The van der Waals surface area contributed by atoms with Gasteiger partial charge in [-0.25, -0.2) is 17.5 Å². The molecule has 1 saturated heterocycles. The third kappa shape index (κ3) is 4.55. The molecule has 2 aliphatic rings. The molecule has 1 aliphatic carbocycles. The predicted octanol–water partition coefficient (Wildman–Crippen LogP) is 2.63. The van der Waals surface area contributed by atoms with Gasteiger partial charge < -0.3 is 10.1 Å². The smallest absolute Gasteiger partial charge is 0.240 e. The molecule has 0 bridgehead atoms. The van der Waals surface area contributed by atoms with Crippen LogP contribution in [0.5, 0.6) is 0 Å². The molecule has 0 radical (unpaired) electrons. The lowest BCUT2D eigenvalue weighted by Crippen LogP contribution is -2.47. The standard InChI is InChI=1S/C22H25FN2O4S/c23-18-5-3-17(4-6-18)22(11-13-29-14-12-22)21(26)24-15-16-1-9-20(10-2-16)30(27,28)25-19-7-8-19/h1-6,9-10,19,25H,7-8,11-15H2,(H,24,26). The van der Waals surface area contributed by atoms with E-state index in [-0.39, 0.29) is 29.2 Å². The topological polar surface area (TPSA) is 84.5 Å². The first kappa shape index (κ1) is 21.0. The molecule has 160 valence electrons. The fraction of sp³-hybridized carbons (Fsp3) is 0.409. The summed E-state index contributed by atoms with van der Waals surface area (Å²) in [5, 5.41) is 2.97. The van der Waals surface area contributed by atoms with Crippen LogP contribution in [0.3, 0.4) is 0 Å². The van der Waals surface area contributed by atoms with E-state index in [4.69, 9.17) is 4.74 Å². The largest absolute Gasteiger partial charge is 0.381 e. The summed E-state index contributed by atoms with van der Waals surface area (Å²) in [6, 6.07) is 12.6. The highest BCUT2D eigenvalue weighted by Gasteiger charge is 2.41. The summed E-state index contributed by atoms with van der Waals surface area (Å²) in [5.74, 6) is -0.475. The number of ether oxygens (including phenoxy) is 1. The number of rotatable bonds is 7. The van der Waals surface area contributed by atoms with E-state index in [0.29, 0.717) is 26.1 Å². The van der Waals surface area contributed by atoms with Gasteiger partial charge >= 0.3 is 0 Å². The Hall–Kier alpha value is -2.29. The number of halogens is 1. The minimum absolute atomic E-state index is 0.0519. The van der Waals surface area contributed by atoms with Crippen LogP contribution in [-0.2, 0) is 31.5 Å². The van der Waals surface area contributed by atoms with Crippen LogP contribution in [-0.4, -0.2) is 33.6 Å². The SMILES string of the molecule is O=C(NCc1ccc(S(=O)(=O)NC2CC2)cc1)C1(c2ccc(F)cc2)CCOCC1. The van der Waals surface area contributed by atoms with Crippen molar-refractivity contribution in [2.75, 3.05) is 13.2 Å². The van der Waals surface area contributed by atoms with E-state index < -0.39 is 15.4 Å². The van der Waals surface area contributed by atoms with Crippen LogP contribution in [0, 0.1) is 5.82 Å². The lowest BCUT2D eigenvalue weighted by atomic mass is 9.73. The Morgan fingerprint density at radius 1 is 1.03 bits per heavy atom. The highest BCUT2D eigenvalue weighted by atomic mass is 32.2. The molecule has 1 aliphatic heterocycles. The number of carbonyl (C=O) groups is 1. The number of hydrogen-bond donors (Lipinski definition) is 2. The number of amides is 1. The summed E-state index contributed by atoms with van der Waals surface area (Å²) in [4.78, 5) is 13.4. The van der Waals surface area contributed by atoms with Crippen molar-refractivity contribution < 1.29 is 22.3 Å². The zero-order chi connectivity index (χ0) is 21.2. The molecular formula is C22H25FN2O4S. The normalized spacial score (nSPS) is 18.7. The van der Waals surface area contributed by atoms with Gasteiger partial charge in [0, 0.05) is 25.8 Å². The third-order valence-electron chi connectivity index (χ3n) is 5.76. The van der Waals surface area contributed by atoms with Gasteiger partial charge in [0.2, 0.25) is 15.9 Å². The van der Waals surface area contributed by atoms with Crippen LogP contribution >= 0.6 is 0 Å². The molecule has 4 rings (SSSR count). The summed E-state index contributed by atoms with van der Waals surface area (Å²) in [6.07, 6.45) is 2.80. The number of hydrogen-bond acceptors (Lipinski definition) is 4. The van der Waals surface area contributed by atoms with Gasteiger partial charge in [0.15, 0.2) is 0 Å². The lowest BCUT2D eigenvalue weighted by molar-refractivity contribution is -0.130. The highest BCUT2D eigenvalue weighted by molar-refractivity contribution is 7.89. The second-order valence-corrected chi connectivity index (χ2v) is 9.64. The predicted molar refractivity (Wildman–Crippen MR) is 110 cm³/mol. The maximum Gasteiger partial charge on any atom is 0.240 e. The van der Waals surface area contributed by atoms with Crippen molar-refractivity contribution >= 4 is 15.9 Å². The molecule has 2 aromatic carbocycles. The average Bonchev–Trinajstić information content (AvgIpc) is 3.56. The quantitative estimate of drug-likeness (QED) is 0.705. The summed E-state index contributed by atoms with van der Waals surface area (Å²) in [6.45, 7) is 1.20. The first-order valence-corrected chi connectivity index (χ1v) is 11.6. The van der Waals surface area contributed by atoms with Gasteiger partial charge in [0.1, 0.15) is 5.82 Å². The maximum absolute atomic E-state index is 13.4. The lowest BCUT2D eigenvalue weighted by Gasteiger charge is -2.36. The van der Waals surface area contributed by atoms with Crippen LogP contribution in [0.2, 0.25) is 0 Å². The van der Waals surface area contributed by atoms with Crippen molar-refractivity contribution in [3.63, 3.8) is 0 Å². The Kier molecular flexibility index (Phi) is 5.90. The van der Waals surface area contributed by atoms with Gasteiger partial charge in [-0.2, -0.15) is 0 Å². The summed E-state index contributed by atoms with van der Waals surface area (Å²) >= 11 is 0. The van der Waals surface area contributed by atoms with Crippen molar-refractivity contribution in [3.05, 3.63) is 65.5 Å². The van der Waals surface area contributed by atoms with E-state index in [1.165, 1.54) is 12.1 Å². The van der Waals surface area contributed by atoms with Crippen molar-refractivity contribution in [1.82, 2.24) is 10.0 Å². The number of benzene rings is 2. The molecule has 30 heavy (non-hydrogen) atoms. The van der Waals surface area contributed by atoms with Crippen LogP contribution in [0.15, 0.2) is 53.4 Å². The minimum atomic E-state index is -3.49. The molecule has 0 spiro atoms. The summed E-state index contributed by atoms with van der Waals surface area (Å²) < 4.78 is 46.0. The molecule has 1 saturated carbocycles. The molecule has 0 aromatic heterocycles. The van der Waals surface area contributed by atoms with E-state index >= 15 is 0 Å². The van der Waals surface area contributed by atoms with E-state index in [1.54, 1.807) is 36.4 Å². The molecule has 2 fully saturated rings. The second kappa shape index (κ2) is 8.45. The second-order valence-electron chi connectivity index (χ2n) is 7.92. The molecule has 2 N–H and O–H groups in total. The minimum Gasteiger partial charge on any atom is -0.381 e. The van der Waals surface area contributed by atoms with Crippen molar-refractivity contribution in [2.24, 2.45) is 0 Å². The van der Waals surface area contributed by atoms with Gasteiger partial charge in [-0.3, -0.25) is 4.79 Å². The van der Waals surface area contributed by atoms with E-state index in [0.717, 1.165) is 24.0 Å². The molecular weight excluding hydrogens is 407 g/mol. The van der Waals surface area contributed by atoms with Crippen molar-refractivity contribution in [2.45, 2.75) is 48.6 Å². The molecule has 6 nitrogen and oxygen atoms in total. The Bertz CT molecular complexity index is 996. The molecule has 2 aromatic rings. The molecule has 0 atom stereocenters. The number of sulfonamides is 1. The van der Waals surface area contributed by atoms with Crippen LogP contribution < -0.4 is 10.0 Å². The van der Waals surface area contributed by atoms with E-state index in [1.807, 2.05) is 0 Å². The summed E-state index contributed by atoms with van der Waals surface area (Å²) in [7, 11) is -3.49. The van der Waals surface area contributed by atoms with Crippen molar-refractivity contribution in [3.8, 4) is 0 Å². The van der Waals surface area contributed by atoms with E-state index in [2.05, 4.69) is 10.0 Å². The number of carbonyl (C=O) groups excluding carboxylic acids is 1. The van der Waals surface area contributed by atoms with Crippen LogP contribution in [0.4, 0.5) is 4.39 Å². The van der Waals surface area contributed by atoms with Crippen molar-refractivity contribution in [1.29, 1.82) is 0 Å². The van der Waals surface area contributed by atoms with Gasteiger partial charge in [0.05, 0.1) is 10.3 Å². The molecule has 1 amide bonds. The van der Waals surface area contributed by atoms with Crippen LogP contribution in [0.25, 0.3) is 0 Å². The number of nitrogens with one attached hydrogen (secondary N) is 2. The van der Waals surface area contributed by atoms with Gasteiger partial charge in [-0.05, 0) is 61.1 Å². The first-order chi connectivity index (χ1) is 14.4. The monoisotopic (exact) mass is 432 g/mol. The zero-order valence-electron chi connectivity index (χ0n) is 16.6. The fourth-order valence-electron chi connectivity index (χ4n) is 3.76.